The fourth-order valence-electron chi connectivity index (χ4n) is 1.44. The molecule has 0 aliphatic carbocycles. The van der Waals surface area contributed by atoms with E-state index in [4.69, 9.17) is 5.84 Å². The number of aryl methyl sites for hydroxylation is 2. The quantitative estimate of drug-likeness (QED) is 0.612. The van der Waals surface area contributed by atoms with E-state index in [-0.39, 0.29) is 18.0 Å². The molecule has 0 fully saturated rings. The molecule has 0 aliphatic heterocycles. The van der Waals surface area contributed by atoms with E-state index in [0.29, 0.717) is 5.69 Å². The van der Waals surface area contributed by atoms with E-state index < -0.39 is 5.92 Å². The van der Waals surface area contributed by atoms with Gasteiger partial charge in [0.25, 0.3) is 5.92 Å². The molecule has 0 aromatic heterocycles. The average molecular weight is 237 g/mol. The zero-order valence-corrected chi connectivity index (χ0v) is 9.71. The molecule has 0 bridgehead atoms. The van der Waals surface area contributed by atoms with E-state index in [1.54, 1.807) is 13.8 Å². The number of alkyl halides is 2. The van der Waals surface area contributed by atoms with Crippen LogP contribution in [0.1, 0.15) is 23.6 Å². The molecule has 0 unspecified atom stereocenters. The predicted octanol–water partition coefficient (Wildman–Crippen LogP) is 3.12. The van der Waals surface area contributed by atoms with Gasteiger partial charge in [-0.05, 0) is 37.1 Å². The lowest BCUT2D eigenvalue weighted by Gasteiger charge is -2.15. The Morgan fingerprint density at radius 2 is 1.60 bits per heavy atom. The monoisotopic (exact) mass is 236 g/mol. The van der Waals surface area contributed by atoms with Crippen molar-refractivity contribution in [3.63, 3.8) is 0 Å². The van der Waals surface area contributed by atoms with Crippen LogP contribution in [0.2, 0.25) is 0 Å². The SMILES string of the molecule is Cc1cc(C(C)(F)F)cc(C)c1NN.Cl. The van der Waals surface area contributed by atoms with Gasteiger partial charge in [-0.3, -0.25) is 5.84 Å². The molecule has 0 atom stereocenters. The van der Waals surface area contributed by atoms with Crippen LogP contribution < -0.4 is 11.3 Å². The van der Waals surface area contributed by atoms with Gasteiger partial charge in [0, 0.05) is 12.5 Å². The van der Waals surface area contributed by atoms with Crippen molar-refractivity contribution < 1.29 is 8.78 Å². The molecular weight excluding hydrogens is 222 g/mol. The van der Waals surface area contributed by atoms with Gasteiger partial charge in [0.2, 0.25) is 0 Å². The van der Waals surface area contributed by atoms with Crippen molar-refractivity contribution in [3.05, 3.63) is 28.8 Å². The maximum absolute atomic E-state index is 13.0. The van der Waals surface area contributed by atoms with Gasteiger partial charge in [-0.1, -0.05) is 0 Å². The van der Waals surface area contributed by atoms with Crippen LogP contribution in [0.15, 0.2) is 12.1 Å². The van der Waals surface area contributed by atoms with E-state index in [2.05, 4.69) is 5.43 Å². The van der Waals surface area contributed by atoms with Crippen LogP contribution >= 0.6 is 12.4 Å². The third-order valence-corrected chi connectivity index (χ3v) is 2.18. The van der Waals surface area contributed by atoms with Crippen molar-refractivity contribution in [1.82, 2.24) is 0 Å². The molecule has 15 heavy (non-hydrogen) atoms. The standard InChI is InChI=1S/C10H14F2N2.ClH/c1-6-4-8(10(3,11)12)5-7(2)9(6)14-13;/h4-5,14H,13H2,1-3H3;1H. The third kappa shape index (κ3) is 3.04. The molecule has 0 aliphatic rings. The van der Waals surface area contributed by atoms with Crippen LogP contribution in [-0.2, 0) is 5.92 Å². The maximum atomic E-state index is 13.0. The van der Waals surface area contributed by atoms with E-state index in [1.165, 1.54) is 12.1 Å². The Morgan fingerprint density at radius 1 is 1.20 bits per heavy atom. The number of benzene rings is 1. The van der Waals surface area contributed by atoms with Gasteiger partial charge in [-0.25, -0.2) is 8.78 Å². The van der Waals surface area contributed by atoms with Gasteiger partial charge >= 0.3 is 0 Å². The third-order valence-electron chi connectivity index (χ3n) is 2.18. The molecule has 0 heterocycles. The minimum Gasteiger partial charge on any atom is -0.324 e. The summed E-state index contributed by atoms with van der Waals surface area (Å²) < 4.78 is 26.0. The zero-order chi connectivity index (χ0) is 10.9. The van der Waals surface area contributed by atoms with Gasteiger partial charge in [0.15, 0.2) is 0 Å². The normalized spacial score (nSPS) is 10.8. The van der Waals surface area contributed by atoms with Crippen molar-refractivity contribution in [2.24, 2.45) is 5.84 Å². The van der Waals surface area contributed by atoms with Gasteiger partial charge in [0.05, 0.1) is 5.69 Å². The Hall–Kier alpha value is -0.870. The van der Waals surface area contributed by atoms with Crippen LogP contribution in [0.3, 0.4) is 0 Å². The highest BCUT2D eigenvalue weighted by molar-refractivity contribution is 5.85. The molecular formula is C10H15ClF2N2. The smallest absolute Gasteiger partial charge is 0.270 e. The molecule has 0 saturated carbocycles. The molecule has 0 spiro atoms. The number of hydrazine groups is 1. The first-order valence-electron chi connectivity index (χ1n) is 4.32. The summed E-state index contributed by atoms with van der Waals surface area (Å²) in [5.41, 5.74) is 4.68. The summed E-state index contributed by atoms with van der Waals surface area (Å²) in [5, 5.41) is 0. The molecule has 1 aromatic carbocycles. The van der Waals surface area contributed by atoms with Crippen LogP contribution in [0.25, 0.3) is 0 Å². The molecule has 3 N–H and O–H groups in total. The molecule has 1 aromatic rings. The first-order valence-corrected chi connectivity index (χ1v) is 4.32. The lowest BCUT2D eigenvalue weighted by molar-refractivity contribution is 0.0174. The lowest BCUT2D eigenvalue weighted by atomic mass is 10.0. The predicted molar refractivity (Wildman–Crippen MR) is 60.5 cm³/mol. The molecule has 86 valence electrons. The number of nitrogens with two attached hydrogens (primary N) is 1. The fraction of sp³-hybridized carbons (Fsp3) is 0.400. The Bertz CT molecular complexity index is 325. The second-order valence-electron chi connectivity index (χ2n) is 3.52. The van der Waals surface area contributed by atoms with Crippen LogP contribution in [-0.4, -0.2) is 0 Å². The van der Waals surface area contributed by atoms with E-state index >= 15 is 0 Å². The first-order chi connectivity index (χ1) is 6.36. The Kier molecular flexibility index (Phi) is 4.49. The summed E-state index contributed by atoms with van der Waals surface area (Å²) in [6.07, 6.45) is 0. The number of rotatable bonds is 2. The fourth-order valence-corrected chi connectivity index (χ4v) is 1.44. The second kappa shape index (κ2) is 4.77. The molecule has 0 amide bonds. The molecule has 5 heteroatoms. The highest BCUT2D eigenvalue weighted by Gasteiger charge is 2.25. The zero-order valence-electron chi connectivity index (χ0n) is 8.90. The van der Waals surface area contributed by atoms with Crippen molar-refractivity contribution in [3.8, 4) is 0 Å². The summed E-state index contributed by atoms with van der Waals surface area (Å²) in [6.45, 7) is 4.38. The summed E-state index contributed by atoms with van der Waals surface area (Å²) in [6, 6.07) is 2.89. The van der Waals surface area contributed by atoms with Crippen LogP contribution in [0.5, 0.6) is 0 Å². The molecule has 0 saturated heterocycles. The van der Waals surface area contributed by atoms with Crippen LogP contribution in [0.4, 0.5) is 14.5 Å². The molecule has 0 radical (unpaired) electrons. The van der Waals surface area contributed by atoms with Crippen molar-refractivity contribution in [2.45, 2.75) is 26.7 Å². The summed E-state index contributed by atoms with van der Waals surface area (Å²) >= 11 is 0. The number of hydrogen-bond donors (Lipinski definition) is 2. The number of halogens is 3. The van der Waals surface area contributed by atoms with Gasteiger partial charge in [0.1, 0.15) is 0 Å². The largest absolute Gasteiger partial charge is 0.324 e. The van der Waals surface area contributed by atoms with E-state index in [0.717, 1.165) is 18.1 Å². The number of hydrogen-bond acceptors (Lipinski definition) is 2. The first kappa shape index (κ1) is 14.1. The topological polar surface area (TPSA) is 38.0 Å². The van der Waals surface area contributed by atoms with Crippen LogP contribution in [0, 0.1) is 13.8 Å². The molecule has 1 rings (SSSR count). The van der Waals surface area contributed by atoms with Gasteiger partial charge < -0.3 is 5.43 Å². The van der Waals surface area contributed by atoms with E-state index in [9.17, 15) is 8.78 Å². The second-order valence-corrected chi connectivity index (χ2v) is 3.52. The summed E-state index contributed by atoms with van der Waals surface area (Å²) in [5.74, 6) is 2.47. The minimum atomic E-state index is -2.80. The van der Waals surface area contributed by atoms with Gasteiger partial charge in [-0.2, -0.15) is 0 Å². The summed E-state index contributed by atoms with van der Waals surface area (Å²) in [7, 11) is 0. The summed E-state index contributed by atoms with van der Waals surface area (Å²) in [4.78, 5) is 0. The maximum Gasteiger partial charge on any atom is 0.270 e. The Labute approximate surface area is 94.2 Å². The van der Waals surface area contributed by atoms with Crippen molar-refractivity contribution in [1.29, 1.82) is 0 Å². The highest BCUT2D eigenvalue weighted by atomic mass is 35.5. The Balaban J connectivity index is 0.00000196. The van der Waals surface area contributed by atoms with Crippen molar-refractivity contribution >= 4 is 18.1 Å². The number of nitrogens with one attached hydrogen (secondary N) is 1. The minimum absolute atomic E-state index is 0. The highest BCUT2D eigenvalue weighted by Crippen LogP contribution is 2.31. The van der Waals surface area contributed by atoms with E-state index in [1.807, 2.05) is 0 Å². The van der Waals surface area contributed by atoms with Crippen molar-refractivity contribution in [2.75, 3.05) is 5.43 Å². The number of nitrogen functional groups attached to an aromatic ring is 1. The average Bonchev–Trinajstić information content (AvgIpc) is 2.01. The lowest BCUT2D eigenvalue weighted by Crippen LogP contribution is -2.13. The number of anilines is 1. The Morgan fingerprint density at radius 3 is 1.87 bits per heavy atom. The molecule has 2 nitrogen and oxygen atoms in total. The van der Waals surface area contributed by atoms with Gasteiger partial charge in [-0.15, -0.1) is 12.4 Å².